The molecule has 0 heterocycles. The molecule has 6 heteroatoms. The Labute approximate surface area is 148 Å². The van der Waals surface area contributed by atoms with Crippen molar-refractivity contribution < 1.29 is 17.4 Å². The van der Waals surface area contributed by atoms with Crippen molar-refractivity contribution in [2.75, 3.05) is 5.32 Å². The van der Waals surface area contributed by atoms with Gasteiger partial charge in [0.2, 0.25) is 0 Å². The molecule has 0 bridgehead atoms. The fraction of sp³-hybridized carbons (Fsp3) is 0.316. The van der Waals surface area contributed by atoms with E-state index in [2.05, 4.69) is 5.32 Å². The van der Waals surface area contributed by atoms with Gasteiger partial charge in [0.15, 0.2) is 6.10 Å². The Balaban J connectivity index is 1.71. The smallest absolute Gasteiger partial charge is 0.272 e. The van der Waals surface area contributed by atoms with Crippen LogP contribution in [0.4, 0.5) is 5.69 Å². The number of nitrogens with one attached hydrogen (secondary N) is 1. The van der Waals surface area contributed by atoms with Gasteiger partial charge in [-0.15, -0.1) is 0 Å². The quantitative estimate of drug-likeness (QED) is 0.770. The number of para-hydroxylation sites is 1. The number of benzene rings is 2. The van der Waals surface area contributed by atoms with E-state index in [1.807, 2.05) is 12.1 Å². The first-order valence-corrected chi connectivity index (χ1v) is 9.92. The van der Waals surface area contributed by atoms with Crippen molar-refractivity contribution in [1.29, 1.82) is 0 Å². The fourth-order valence-corrected chi connectivity index (χ4v) is 4.01. The van der Waals surface area contributed by atoms with Crippen LogP contribution in [0.15, 0.2) is 60.7 Å². The van der Waals surface area contributed by atoms with Crippen LogP contribution in [-0.2, 0) is 24.8 Å². The standard InChI is InChI=1S/C19H21NO4S/c21-19(20-17-12-5-2-6-13-17)18(16-10-7-11-16)24-25(22,23)14-15-8-3-1-4-9-15/h1-6,8-9,12-13,16,18H,7,10-11,14H2,(H,20,21)/t18-/m0/s1. The number of anilines is 1. The third-order valence-corrected chi connectivity index (χ3v) is 5.50. The highest BCUT2D eigenvalue weighted by atomic mass is 32.2. The maximum absolute atomic E-state index is 12.6. The van der Waals surface area contributed by atoms with Gasteiger partial charge in [0.05, 0.1) is 0 Å². The molecule has 2 aromatic rings. The Kier molecular flexibility index (Phi) is 5.50. The SMILES string of the molecule is O=C(Nc1ccccc1)[C@@H](OS(=O)(=O)Cc1ccccc1)C1CCC1. The van der Waals surface area contributed by atoms with E-state index in [1.54, 1.807) is 48.5 Å². The second-order valence-corrected chi connectivity index (χ2v) is 7.85. The van der Waals surface area contributed by atoms with E-state index in [1.165, 1.54) is 0 Å². The van der Waals surface area contributed by atoms with Gasteiger partial charge in [0.1, 0.15) is 5.75 Å². The summed E-state index contributed by atoms with van der Waals surface area (Å²) in [5.74, 6) is -0.711. The first kappa shape index (κ1) is 17.6. The number of amides is 1. The minimum absolute atomic E-state index is 0.0609. The van der Waals surface area contributed by atoms with Crippen LogP contribution in [0.2, 0.25) is 0 Å². The molecule has 1 saturated carbocycles. The molecule has 2 aromatic carbocycles. The van der Waals surface area contributed by atoms with Gasteiger partial charge in [-0.3, -0.25) is 8.98 Å². The molecule has 1 atom stereocenters. The van der Waals surface area contributed by atoms with Gasteiger partial charge >= 0.3 is 0 Å². The Morgan fingerprint density at radius 2 is 1.64 bits per heavy atom. The van der Waals surface area contributed by atoms with Gasteiger partial charge in [-0.2, -0.15) is 8.42 Å². The molecule has 25 heavy (non-hydrogen) atoms. The molecule has 3 rings (SSSR count). The molecule has 0 spiro atoms. The highest BCUT2D eigenvalue weighted by Crippen LogP contribution is 2.33. The van der Waals surface area contributed by atoms with Crippen LogP contribution in [-0.4, -0.2) is 20.4 Å². The molecule has 0 aliphatic heterocycles. The summed E-state index contributed by atoms with van der Waals surface area (Å²) in [6.45, 7) is 0. The van der Waals surface area contributed by atoms with Crippen LogP contribution >= 0.6 is 0 Å². The topological polar surface area (TPSA) is 72.5 Å². The van der Waals surface area contributed by atoms with Crippen molar-refractivity contribution in [3.05, 3.63) is 66.2 Å². The van der Waals surface area contributed by atoms with Crippen molar-refractivity contribution in [2.45, 2.75) is 31.1 Å². The van der Waals surface area contributed by atoms with Gasteiger partial charge < -0.3 is 5.32 Å². The largest absolute Gasteiger partial charge is 0.324 e. The van der Waals surface area contributed by atoms with E-state index in [9.17, 15) is 13.2 Å². The van der Waals surface area contributed by atoms with Gasteiger partial charge in [0, 0.05) is 5.69 Å². The lowest BCUT2D eigenvalue weighted by molar-refractivity contribution is -0.126. The summed E-state index contributed by atoms with van der Waals surface area (Å²) in [6, 6.07) is 17.8. The van der Waals surface area contributed by atoms with E-state index in [0.29, 0.717) is 11.3 Å². The summed E-state index contributed by atoms with van der Waals surface area (Å²) in [6.07, 6.45) is 1.60. The average Bonchev–Trinajstić information content (AvgIpc) is 2.54. The molecular weight excluding hydrogens is 338 g/mol. The zero-order valence-corrected chi connectivity index (χ0v) is 14.6. The Morgan fingerprint density at radius 3 is 2.20 bits per heavy atom. The van der Waals surface area contributed by atoms with Crippen LogP contribution in [0.1, 0.15) is 24.8 Å². The molecule has 132 valence electrons. The summed E-state index contributed by atoms with van der Waals surface area (Å²) in [5.41, 5.74) is 1.26. The predicted molar refractivity (Wildman–Crippen MR) is 96.4 cm³/mol. The second-order valence-electron chi connectivity index (χ2n) is 6.25. The Morgan fingerprint density at radius 1 is 1.04 bits per heavy atom. The maximum Gasteiger partial charge on any atom is 0.272 e. The van der Waals surface area contributed by atoms with E-state index >= 15 is 0 Å². The van der Waals surface area contributed by atoms with E-state index < -0.39 is 22.1 Å². The van der Waals surface area contributed by atoms with Crippen molar-refractivity contribution >= 4 is 21.7 Å². The van der Waals surface area contributed by atoms with Crippen molar-refractivity contribution in [3.8, 4) is 0 Å². The van der Waals surface area contributed by atoms with Crippen LogP contribution in [0.5, 0.6) is 0 Å². The summed E-state index contributed by atoms with van der Waals surface area (Å²) >= 11 is 0. The number of carbonyl (C=O) groups excluding carboxylic acids is 1. The highest BCUT2D eigenvalue weighted by molar-refractivity contribution is 7.85. The molecule has 1 fully saturated rings. The third-order valence-electron chi connectivity index (χ3n) is 4.31. The normalized spacial score (nSPS) is 16.0. The van der Waals surface area contributed by atoms with Gasteiger partial charge in [-0.25, -0.2) is 0 Å². The monoisotopic (exact) mass is 359 g/mol. The Bertz CT molecular complexity index is 802. The Hall–Kier alpha value is -2.18. The summed E-state index contributed by atoms with van der Waals surface area (Å²) in [5, 5.41) is 2.75. The van der Waals surface area contributed by atoms with Gasteiger partial charge in [-0.1, -0.05) is 55.0 Å². The van der Waals surface area contributed by atoms with Crippen LogP contribution in [0.25, 0.3) is 0 Å². The van der Waals surface area contributed by atoms with E-state index in [4.69, 9.17) is 4.18 Å². The van der Waals surface area contributed by atoms with Crippen molar-refractivity contribution in [2.24, 2.45) is 5.92 Å². The molecule has 1 aliphatic rings. The molecule has 0 saturated heterocycles. The third kappa shape index (κ3) is 4.90. The lowest BCUT2D eigenvalue weighted by Gasteiger charge is -2.32. The minimum Gasteiger partial charge on any atom is -0.324 e. The number of hydrogen-bond acceptors (Lipinski definition) is 4. The van der Waals surface area contributed by atoms with Crippen molar-refractivity contribution in [1.82, 2.24) is 0 Å². The van der Waals surface area contributed by atoms with Crippen LogP contribution in [0.3, 0.4) is 0 Å². The highest BCUT2D eigenvalue weighted by Gasteiger charge is 2.37. The number of rotatable bonds is 7. The summed E-state index contributed by atoms with van der Waals surface area (Å²) in [4.78, 5) is 12.6. The fourth-order valence-electron chi connectivity index (χ4n) is 2.78. The molecule has 1 N–H and O–H groups in total. The summed E-state index contributed by atoms with van der Waals surface area (Å²) < 4.78 is 30.2. The first-order valence-electron chi connectivity index (χ1n) is 8.34. The molecule has 0 radical (unpaired) electrons. The second kappa shape index (κ2) is 7.80. The minimum atomic E-state index is -3.85. The van der Waals surface area contributed by atoms with Crippen LogP contribution in [0, 0.1) is 5.92 Å². The lowest BCUT2D eigenvalue weighted by Crippen LogP contribution is -2.41. The number of hydrogen-bond donors (Lipinski definition) is 1. The maximum atomic E-state index is 12.6. The number of carbonyl (C=O) groups is 1. The first-order chi connectivity index (χ1) is 12.0. The molecule has 5 nitrogen and oxygen atoms in total. The van der Waals surface area contributed by atoms with E-state index in [-0.39, 0.29) is 11.7 Å². The van der Waals surface area contributed by atoms with E-state index in [0.717, 1.165) is 19.3 Å². The average molecular weight is 359 g/mol. The predicted octanol–water partition coefficient (Wildman–Crippen LogP) is 3.34. The summed E-state index contributed by atoms with van der Waals surface area (Å²) in [7, 11) is -3.85. The van der Waals surface area contributed by atoms with Gasteiger partial charge in [-0.05, 0) is 36.5 Å². The molecule has 0 unspecified atom stereocenters. The molecule has 1 aliphatic carbocycles. The lowest BCUT2D eigenvalue weighted by atomic mass is 9.81. The molecular formula is C19H21NO4S. The zero-order valence-electron chi connectivity index (χ0n) is 13.8. The van der Waals surface area contributed by atoms with Gasteiger partial charge in [0.25, 0.3) is 16.0 Å². The van der Waals surface area contributed by atoms with Crippen molar-refractivity contribution in [3.63, 3.8) is 0 Å². The molecule has 0 aromatic heterocycles. The van der Waals surface area contributed by atoms with Crippen LogP contribution < -0.4 is 5.32 Å². The zero-order chi connectivity index (χ0) is 17.7. The molecule has 1 amide bonds.